The van der Waals surface area contributed by atoms with Crippen molar-refractivity contribution in [2.24, 2.45) is 0 Å². The molecular weight excluding hydrogens is 268 g/mol. The minimum absolute atomic E-state index is 0.678. The second-order valence-corrected chi connectivity index (χ2v) is 7.38. The molecule has 0 radical (unpaired) electrons. The molecule has 0 spiro atoms. The van der Waals surface area contributed by atoms with Crippen molar-refractivity contribution in [1.82, 2.24) is 0 Å². The summed E-state index contributed by atoms with van der Waals surface area (Å²) in [6.45, 7) is 8.43. The fraction of sp³-hybridized carbons (Fsp3) is 0.625. The Hall–Kier alpha value is -0.683. The van der Waals surface area contributed by atoms with Gasteiger partial charge >= 0.3 is 8.80 Å². The first-order valence-corrected chi connectivity index (χ1v) is 9.49. The molecule has 0 amide bonds. The summed E-state index contributed by atoms with van der Waals surface area (Å²) in [7, 11) is -2.75. The highest BCUT2D eigenvalue weighted by Gasteiger charge is 2.43. The predicted molar refractivity (Wildman–Crippen MR) is 85.2 cm³/mol. The molecule has 1 rings (SSSR count). The third-order valence-electron chi connectivity index (χ3n) is 2.91. The van der Waals surface area contributed by atoms with Crippen LogP contribution in [0.4, 0.5) is 0 Å². The molecule has 4 heteroatoms. The van der Waals surface area contributed by atoms with Crippen LogP contribution in [0.1, 0.15) is 46.5 Å². The van der Waals surface area contributed by atoms with Crippen LogP contribution in [0.25, 0.3) is 0 Å². The Kier molecular flexibility index (Phi) is 8.77. The second-order valence-electron chi connectivity index (χ2n) is 4.82. The van der Waals surface area contributed by atoms with E-state index in [1.807, 2.05) is 18.2 Å². The molecule has 0 bridgehead atoms. The largest absolute Gasteiger partial charge is 0.537 e. The van der Waals surface area contributed by atoms with Crippen LogP contribution in [0.2, 0.25) is 0 Å². The summed E-state index contributed by atoms with van der Waals surface area (Å²) >= 11 is 0. The van der Waals surface area contributed by atoms with Crippen molar-refractivity contribution in [3.63, 3.8) is 0 Å². The van der Waals surface area contributed by atoms with Gasteiger partial charge in [0, 0.05) is 25.0 Å². The lowest BCUT2D eigenvalue weighted by atomic mass is 10.4. The summed E-state index contributed by atoms with van der Waals surface area (Å²) in [5.41, 5.74) is 0. The van der Waals surface area contributed by atoms with Crippen molar-refractivity contribution in [2.45, 2.75) is 46.5 Å². The molecule has 20 heavy (non-hydrogen) atoms. The van der Waals surface area contributed by atoms with Crippen LogP contribution >= 0.6 is 0 Å². The van der Waals surface area contributed by atoms with Crippen LogP contribution in [-0.2, 0) is 13.3 Å². The van der Waals surface area contributed by atoms with Gasteiger partial charge in [0.05, 0.1) is 0 Å². The highest BCUT2D eigenvalue weighted by Crippen LogP contribution is 2.13. The van der Waals surface area contributed by atoms with E-state index in [1.54, 1.807) is 0 Å². The first-order valence-electron chi connectivity index (χ1n) is 7.76. The molecule has 0 saturated heterocycles. The number of rotatable bonds is 11. The fourth-order valence-electron chi connectivity index (χ4n) is 1.84. The van der Waals surface area contributed by atoms with E-state index >= 15 is 0 Å². The van der Waals surface area contributed by atoms with E-state index in [0.29, 0.717) is 19.8 Å². The molecule has 0 aromatic heterocycles. The molecule has 1 aromatic carbocycles. The van der Waals surface area contributed by atoms with Gasteiger partial charge < -0.3 is 13.3 Å². The molecule has 0 unspecified atom stereocenters. The first kappa shape index (κ1) is 17.4. The summed E-state index contributed by atoms with van der Waals surface area (Å²) in [5, 5.41) is 1.07. The summed E-state index contributed by atoms with van der Waals surface area (Å²) in [4.78, 5) is 0. The average Bonchev–Trinajstić information content (AvgIpc) is 2.51. The maximum atomic E-state index is 6.15. The lowest BCUT2D eigenvalue weighted by molar-refractivity contribution is 0.0721. The lowest BCUT2D eigenvalue weighted by Crippen LogP contribution is -2.57. The van der Waals surface area contributed by atoms with E-state index < -0.39 is 8.80 Å². The molecule has 0 heterocycles. The molecular formula is C16H28O3Si. The van der Waals surface area contributed by atoms with Crippen molar-refractivity contribution < 1.29 is 13.3 Å². The monoisotopic (exact) mass is 296 g/mol. The smallest absolute Gasteiger partial charge is 0.370 e. The van der Waals surface area contributed by atoms with Crippen LogP contribution < -0.4 is 5.19 Å². The normalized spacial score (nSPS) is 11.8. The summed E-state index contributed by atoms with van der Waals surface area (Å²) in [6, 6.07) is 10.2. The van der Waals surface area contributed by atoms with Gasteiger partial charge in [-0.25, -0.2) is 0 Å². The van der Waals surface area contributed by atoms with E-state index in [-0.39, 0.29) is 0 Å². The maximum absolute atomic E-state index is 6.15. The van der Waals surface area contributed by atoms with Crippen LogP contribution in [0.5, 0.6) is 0 Å². The molecule has 0 aliphatic carbocycles. The Morgan fingerprint density at radius 2 is 1.30 bits per heavy atom. The quantitative estimate of drug-likeness (QED) is 0.462. The van der Waals surface area contributed by atoms with E-state index in [9.17, 15) is 0 Å². The highest BCUT2D eigenvalue weighted by atomic mass is 28.4. The SMILES string of the molecule is CCCCO[Si](OCCC)(OCCC)c1ccccc1. The van der Waals surface area contributed by atoms with Gasteiger partial charge in [0.15, 0.2) is 0 Å². The van der Waals surface area contributed by atoms with Gasteiger partial charge in [0.25, 0.3) is 0 Å². The van der Waals surface area contributed by atoms with Gasteiger partial charge in [-0.3, -0.25) is 0 Å². The van der Waals surface area contributed by atoms with Gasteiger partial charge in [0.2, 0.25) is 0 Å². The van der Waals surface area contributed by atoms with E-state index in [4.69, 9.17) is 13.3 Å². The highest BCUT2D eigenvalue weighted by molar-refractivity contribution is 6.75. The zero-order valence-corrected chi connectivity index (χ0v) is 14.1. The zero-order chi connectivity index (χ0) is 14.7. The Morgan fingerprint density at radius 1 is 0.750 bits per heavy atom. The van der Waals surface area contributed by atoms with Gasteiger partial charge in [-0.2, -0.15) is 0 Å². The number of hydrogen-bond donors (Lipinski definition) is 0. The molecule has 0 atom stereocenters. The fourth-order valence-corrected chi connectivity index (χ4v) is 4.55. The third kappa shape index (κ3) is 5.36. The van der Waals surface area contributed by atoms with Gasteiger partial charge in [-0.1, -0.05) is 57.5 Å². The van der Waals surface area contributed by atoms with E-state index in [0.717, 1.165) is 30.9 Å². The number of hydrogen-bond acceptors (Lipinski definition) is 3. The van der Waals surface area contributed by atoms with Gasteiger partial charge in [0.1, 0.15) is 0 Å². The van der Waals surface area contributed by atoms with Crippen molar-refractivity contribution in [3.8, 4) is 0 Å². The first-order chi connectivity index (χ1) is 9.79. The predicted octanol–water partition coefficient (Wildman–Crippen LogP) is 3.50. The van der Waals surface area contributed by atoms with E-state index in [2.05, 4.69) is 32.9 Å². The summed E-state index contributed by atoms with van der Waals surface area (Å²) < 4.78 is 18.4. The molecule has 114 valence electrons. The summed E-state index contributed by atoms with van der Waals surface area (Å²) in [5.74, 6) is 0. The van der Waals surface area contributed by atoms with Gasteiger partial charge in [-0.05, 0) is 19.3 Å². The molecule has 0 aliphatic rings. The van der Waals surface area contributed by atoms with Crippen molar-refractivity contribution in [2.75, 3.05) is 19.8 Å². The molecule has 0 N–H and O–H groups in total. The third-order valence-corrected chi connectivity index (χ3v) is 5.70. The number of benzene rings is 1. The number of unbranched alkanes of at least 4 members (excludes halogenated alkanes) is 1. The standard InChI is InChI=1S/C16H28O3Si/c1-4-7-15-19-20(17-13-5-2,18-14-6-3)16-11-9-8-10-12-16/h8-12H,4-7,13-15H2,1-3H3. The van der Waals surface area contributed by atoms with E-state index in [1.165, 1.54) is 0 Å². The van der Waals surface area contributed by atoms with Crippen LogP contribution in [0, 0.1) is 0 Å². The van der Waals surface area contributed by atoms with Crippen LogP contribution in [-0.4, -0.2) is 28.6 Å². The lowest BCUT2D eigenvalue weighted by Gasteiger charge is -2.29. The molecule has 0 fully saturated rings. The van der Waals surface area contributed by atoms with Crippen LogP contribution in [0.15, 0.2) is 30.3 Å². The minimum atomic E-state index is -2.75. The van der Waals surface area contributed by atoms with Crippen molar-refractivity contribution in [1.29, 1.82) is 0 Å². The molecule has 3 nitrogen and oxygen atoms in total. The second kappa shape index (κ2) is 10.1. The van der Waals surface area contributed by atoms with Crippen molar-refractivity contribution >= 4 is 14.0 Å². The molecule has 0 saturated carbocycles. The average molecular weight is 296 g/mol. The Labute approximate surface area is 124 Å². The van der Waals surface area contributed by atoms with Crippen molar-refractivity contribution in [3.05, 3.63) is 30.3 Å². The topological polar surface area (TPSA) is 27.7 Å². The summed E-state index contributed by atoms with van der Waals surface area (Å²) in [6.07, 6.45) is 4.08. The van der Waals surface area contributed by atoms with Gasteiger partial charge in [-0.15, -0.1) is 0 Å². The van der Waals surface area contributed by atoms with Crippen LogP contribution in [0.3, 0.4) is 0 Å². The minimum Gasteiger partial charge on any atom is -0.370 e. The molecule has 1 aromatic rings. The zero-order valence-electron chi connectivity index (χ0n) is 13.1. The Balaban J connectivity index is 2.90. The Morgan fingerprint density at radius 3 is 1.80 bits per heavy atom. The Bertz CT molecular complexity index is 335. The maximum Gasteiger partial charge on any atom is 0.537 e. The molecule has 0 aliphatic heterocycles.